The van der Waals surface area contributed by atoms with Crippen molar-refractivity contribution in [3.8, 4) is 0 Å². The van der Waals surface area contributed by atoms with Gasteiger partial charge in [0.05, 0.1) is 6.10 Å². The molecule has 0 radical (unpaired) electrons. The van der Waals surface area contributed by atoms with E-state index in [2.05, 4.69) is 56.5 Å². The van der Waals surface area contributed by atoms with Gasteiger partial charge in [-0.05, 0) is 36.9 Å². The minimum Gasteiger partial charge on any atom is -0.411 e. The molecule has 1 nitrogen and oxygen atoms in total. The van der Waals surface area contributed by atoms with E-state index in [0.29, 0.717) is 12.3 Å². The van der Waals surface area contributed by atoms with Gasteiger partial charge in [0.15, 0.2) is 8.32 Å². The van der Waals surface area contributed by atoms with Gasteiger partial charge in [-0.2, -0.15) is 0 Å². The van der Waals surface area contributed by atoms with Crippen LogP contribution in [0.5, 0.6) is 0 Å². The number of halogens is 2. The predicted molar refractivity (Wildman–Crippen MR) is 78.6 cm³/mol. The van der Waals surface area contributed by atoms with E-state index in [-0.39, 0.29) is 11.1 Å². The van der Waals surface area contributed by atoms with Crippen molar-refractivity contribution in [1.82, 2.24) is 0 Å². The summed E-state index contributed by atoms with van der Waals surface area (Å²) < 4.78 is 21.1. The second kappa shape index (κ2) is 5.22. The summed E-state index contributed by atoms with van der Waals surface area (Å²) in [6, 6.07) is 0. The fourth-order valence-electron chi connectivity index (χ4n) is 1.85. The molecule has 16 heavy (non-hydrogen) atoms. The van der Waals surface area contributed by atoms with E-state index in [9.17, 15) is 4.39 Å². The first-order chi connectivity index (χ1) is 7.17. The average molecular weight is 358 g/mol. The average Bonchev–Trinajstić information content (AvgIpc) is 2.44. The van der Waals surface area contributed by atoms with Crippen LogP contribution in [-0.4, -0.2) is 25.0 Å². The van der Waals surface area contributed by atoms with Crippen LogP contribution in [0.2, 0.25) is 18.1 Å². The lowest BCUT2D eigenvalue weighted by molar-refractivity contribution is 0.111. The maximum absolute atomic E-state index is 13.8. The van der Waals surface area contributed by atoms with Gasteiger partial charge in [-0.1, -0.05) is 43.4 Å². The molecule has 1 aliphatic rings. The molecule has 0 N–H and O–H groups in total. The SMILES string of the molecule is CC(C)(C)[Si](C)(C)O[C@@H]1C[C@H](CI)C[C@H]1F. The molecule has 0 amide bonds. The lowest BCUT2D eigenvalue weighted by Gasteiger charge is -2.38. The number of rotatable bonds is 3. The Bertz CT molecular complexity index is 240. The molecule has 0 aliphatic heterocycles. The number of hydrogen-bond acceptors (Lipinski definition) is 1. The molecular weight excluding hydrogens is 334 g/mol. The second-order valence-corrected chi connectivity index (χ2v) is 12.1. The molecule has 0 heterocycles. The molecule has 0 spiro atoms. The molecule has 0 aromatic carbocycles. The zero-order valence-corrected chi connectivity index (χ0v) is 14.2. The molecule has 4 heteroatoms. The fraction of sp³-hybridized carbons (Fsp3) is 1.00. The molecule has 0 aromatic rings. The van der Waals surface area contributed by atoms with E-state index < -0.39 is 14.5 Å². The first-order valence-corrected chi connectivity index (χ1v) is 10.5. The van der Waals surface area contributed by atoms with Crippen LogP contribution in [0.3, 0.4) is 0 Å². The highest BCUT2D eigenvalue weighted by Gasteiger charge is 2.43. The van der Waals surface area contributed by atoms with Crippen LogP contribution < -0.4 is 0 Å². The zero-order chi connectivity index (χ0) is 12.6. The topological polar surface area (TPSA) is 9.23 Å². The molecule has 1 aliphatic carbocycles. The minimum absolute atomic E-state index is 0.138. The van der Waals surface area contributed by atoms with Crippen molar-refractivity contribution in [2.45, 2.75) is 64.0 Å². The summed E-state index contributed by atoms with van der Waals surface area (Å²) in [5.74, 6) is 0.519. The van der Waals surface area contributed by atoms with Crippen LogP contribution in [0.4, 0.5) is 4.39 Å². The van der Waals surface area contributed by atoms with E-state index >= 15 is 0 Å². The van der Waals surface area contributed by atoms with Crippen LogP contribution in [0.15, 0.2) is 0 Å². The number of hydrogen-bond donors (Lipinski definition) is 0. The van der Waals surface area contributed by atoms with Crippen LogP contribution in [0.25, 0.3) is 0 Å². The Kier molecular flexibility index (Phi) is 4.86. The Balaban J connectivity index is 2.61. The molecule has 0 bridgehead atoms. The van der Waals surface area contributed by atoms with Crippen LogP contribution in [0.1, 0.15) is 33.6 Å². The lowest BCUT2D eigenvalue weighted by Crippen LogP contribution is -2.45. The Morgan fingerprint density at radius 2 is 1.88 bits per heavy atom. The van der Waals surface area contributed by atoms with Gasteiger partial charge in [-0.15, -0.1) is 0 Å². The monoisotopic (exact) mass is 358 g/mol. The molecule has 1 rings (SSSR count). The molecule has 96 valence electrons. The Morgan fingerprint density at radius 3 is 2.25 bits per heavy atom. The summed E-state index contributed by atoms with van der Waals surface area (Å²) in [4.78, 5) is 0. The van der Waals surface area contributed by atoms with E-state index in [1.54, 1.807) is 0 Å². The second-order valence-electron chi connectivity index (χ2n) is 6.42. The van der Waals surface area contributed by atoms with Gasteiger partial charge in [-0.25, -0.2) is 4.39 Å². The maximum Gasteiger partial charge on any atom is 0.192 e. The largest absolute Gasteiger partial charge is 0.411 e. The maximum atomic E-state index is 13.8. The smallest absolute Gasteiger partial charge is 0.192 e. The predicted octanol–water partition coefficient (Wildman–Crippen LogP) is 4.56. The molecular formula is C12H24FIOSi. The summed E-state index contributed by atoms with van der Waals surface area (Å²) >= 11 is 2.35. The summed E-state index contributed by atoms with van der Waals surface area (Å²) in [5.41, 5.74) is 0. The molecule has 1 fully saturated rings. The highest BCUT2D eigenvalue weighted by molar-refractivity contribution is 14.1. The van der Waals surface area contributed by atoms with Crippen molar-refractivity contribution in [3.63, 3.8) is 0 Å². The van der Waals surface area contributed by atoms with Crippen molar-refractivity contribution in [1.29, 1.82) is 0 Å². The van der Waals surface area contributed by atoms with E-state index in [4.69, 9.17) is 4.43 Å². The Morgan fingerprint density at radius 1 is 1.31 bits per heavy atom. The van der Waals surface area contributed by atoms with Crippen molar-refractivity contribution < 1.29 is 8.82 Å². The quantitative estimate of drug-likeness (QED) is 0.408. The molecule has 1 saturated carbocycles. The van der Waals surface area contributed by atoms with Crippen LogP contribution in [-0.2, 0) is 4.43 Å². The molecule has 0 aromatic heterocycles. The Labute approximate surface area is 114 Å². The minimum atomic E-state index is -1.80. The fourth-order valence-corrected chi connectivity index (χ4v) is 3.92. The van der Waals surface area contributed by atoms with Gasteiger partial charge in [0.25, 0.3) is 0 Å². The summed E-state index contributed by atoms with van der Waals surface area (Å²) in [6.45, 7) is 11.0. The van der Waals surface area contributed by atoms with E-state index in [1.165, 1.54) is 0 Å². The van der Waals surface area contributed by atoms with Crippen molar-refractivity contribution >= 4 is 30.9 Å². The van der Waals surface area contributed by atoms with Crippen molar-refractivity contribution in [2.75, 3.05) is 4.43 Å². The first-order valence-electron chi connectivity index (χ1n) is 6.05. The van der Waals surface area contributed by atoms with Gasteiger partial charge < -0.3 is 4.43 Å². The van der Waals surface area contributed by atoms with Crippen molar-refractivity contribution in [3.05, 3.63) is 0 Å². The van der Waals surface area contributed by atoms with Gasteiger partial charge in [0.2, 0.25) is 0 Å². The summed E-state index contributed by atoms with van der Waals surface area (Å²) in [5, 5.41) is 0.176. The van der Waals surface area contributed by atoms with E-state index in [1.807, 2.05) is 0 Å². The van der Waals surface area contributed by atoms with E-state index in [0.717, 1.165) is 10.8 Å². The van der Waals surface area contributed by atoms with Gasteiger partial charge in [0, 0.05) is 4.43 Å². The van der Waals surface area contributed by atoms with Crippen molar-refractivity contribution in [2.24, 2.45) is 5.92 Å². The Hall–Kier alpha value is 0.837. The van der Waals surface area contributed by atoms with Gasteiger partial charge >= 0.3 is 0 Å². The van der Waals surface area contributed by atoms with Gasteiger partial charge in [0.1, 0.15) is 6.17 Å². The highest BCUT2D eigenvalue weighted by atomic mass is 127. The highest BCUT2D eigenvalue weighted by Crippen LogP contribution is 2.41. The molecule has 0 saturated heterocycles. The summed E-state index contributed by atoms with van der Waals surface area (Å²) in [7, 11) is -1.80. The summed E-state index contributed by atoms with van der Waals surface area (Å²) in [6.07, 6.45) is 0.730. The molecule has 0 unspecified atom stereocenters. The van der Waals surface area contributed by atoms with Gasteiger partial charge in [-0.3, -0.25) is 0 Å². The third-order valence-corrected chi connectivity index (χ3v) is 9.75. The first kappa shape index (κ1) is 14.9. The standard InChI is InChI=1S/C12H24FIOSi/c1-12(2,3)16(4,5)15-11-7-9(8-14)6-10(11)13/h9-11H,6-8H2,1-5H3/t9-,10-,11-/m1/s1. The van der Waals surface area contributed by atoms with Crippen LogP contribution >= 0.6 is 22.6 Å². The van der Waals surface area contributed by atoms with Crippen LogP contribution in [0, 0.1) is 5.92 Å². The normalized spacial score (nSPS) is 32.1. The third-order valence-electron chi connectivity index (χ3n) is 4.00. The molecule has 3 atom stereocenters. The number of alkyl halides is 2. The third kappa shape index (κ3) is 3.42. The lowest BCUT2D eigenvalue weighted by atomic mass is 10.1. The zero-order valence-electron chi connectivity index (χ0n) is 11.0.